The van der Waals surface area contributed by atoms with Crippen LogP contribution in [-0.2, 0) is 14.8 Å². The molecule has 0 saturated heterocycles. The third-order valence-electron chi connectivity index (χ3n) is 4.52. The van der Waals surface area contributed by atoms with E-state index in [1.807, 2.05) is 0 Å². The van der Waals surface area contributed by atoms with Crippen molar-refractivity contribution in [2.45, 2.75) is 56.5 Å². The number of carbonyl (C=O) groups is 2. The number of methoxy groups -OCH3 is 1. The minimum absolute atomic E-state index is 0.0964. The summed E-state index contributed by atoms with van der Waals surface area (Å²) in [6.45, 7) is 3.40. The van der Waals surface area contributed by atoms with Crippen molar-refractivity contribution in [2.75, 3.05) is 7.11 Å². The topological polar surface area (TPSA) is 122 Å². The summed E-state index contributed by atoms with van der Waals surface area (Å²) in [5.41, 5.74) is 0.209. The fourth-order valence-electron chi connectivity index (χ4n) is 3.16. The molecule has 0 bridgehead atoms. The van der Waals surface area contributed by atoms with Gasteiger partial charge in [-0.05, 0) is 57.7 Å². The van der Waals surface area contributed by atoms with E-state index in [0.29, 0.717) is 25.7 Å². The van der Waals surface area contributed by atoms with Crippen molar-refractivity contribution < 1.29 is 27.9 Å². The summed E-state index contributed by atoms with van der Waals surface area (Å²) < 4.78 is 32.6. The minimum atomic E-state index is -3.83. The molecule has 0 heterocycles. The molecule has 1 aliphatic carbocycles. The maximum atomic E-state index is 12.5. The van der Waals surface area contributed by atoms with Crippen LogP contribution in [0.1, 0.15) is 49.9 Å². The van der Waals surface area contributed by atoms with Gasteiger partial charge in [0.05, 0.1) is 13.0 Å². The number of sulfonamides is 1. The number of ether oxygens (including phenoxy) is 1. The van der Waals surface area contributed by atoms with E-state index in [1.165, 1.54) is 25.3 Å². The van der Waals surface area contributed by atoms with Crippen molar-refractivity contribution in [3.05, 3.63) is 23.8 Å². The number of rotatable bonds is 7. The summed E-state index contributed by atoms with van der Waals surface area (Å²) in [6, 6.07) is 3.82. The zero-order chi connectivity index (χ0) is 20.2. The third kappa shape index (κ3) is 5.43. The molecule has 150 valence electrons. The fraction of sp³-hybridized carbons (Fsp3) is 0.556. The molecule has 0 unspecified atom stereocenters. The van der Waals surface area contributed by atoms with Gasteiger partial charge in [0.25, 0.3) is 5.91 Å². The van der Waals surface area contributed by atoms with Crippen LogP contribution in [0.5, 0.6) is 5.75 Å². The summed E-state index contributed by atoms with van der Waals surface area (Å²) in [5, 5.41) is 11.9. The number of aliphatic carboxylic acids is 1. The standard InChI is InChI=1S/C18H26N2O6S/c1-11(2)20-27(24,25)16-10-13(6-9-15(16)26-3)17(21)19-14-7-4-12(5-8-14)18(22)23/h6,9-12,14,20H,4-5,7-8H2,1-3H3,(H,19,21)(H,22,23). The summed E-state index contributed by atoms with van der Waals surface area (Å²) in [4.78, 5) is 23.5. The van der Waals surface area contributed by atoms with Gasteiger partial charge in [0.15, 0.2) is 0 Å². The predicted molar refractivity (Wildman–Crippen MR) is 99.3 cm³/mol. The number of carboxylic acid groups (broad SMARTS) is 1. The van der Waals surface area contributed by atoms with Crippen LogP contribution in [0.2, 0.25) is 0 Å². The van der Waals surface area contributed by atoms with Crippen LogP contribution in [-0.4, -0.2) is 44.6 Å². The maximum Gasteiger partial charge on any atom is 0.306 e. The first-order chi connectivity index (χ1) is 12.6. The van der Waals surface area contributed by atoms with Crippen LogP contribution in [0, 0.1) is 5.92 Å². The largest absolute Gasteiger partial charge is 0.495 e. The molecule has 1 aromatic rings. The molecule has 0 atom stereocenters. The highest BCUT2D eigenvalue weighted by atomic mass is 32.2. The molecule has 2 rings (SSSR count). The molecule has 1 fully saturated rings. The van der Waals surface area contributed by atoms with Gasteiger partial charge < -0.3 is 15.2 Å². The highest BCUT2D eigenvalue weighted by molar-refractivity contribution is 7.89. The third-order valence-corrected chi connectivity index (χ3v) is 6.20. The van der Waals surface area contributed by atoms with Crippen molar-refractivity contribution in [1.82, 2.24) is 10.0 Å². The van der Waals surface area contributed by atoms with Gasteiger partial charge in [0.2, 0.25) is 10.0 Å². The molecule has 0 aliphatic heterocycles. The summed E-state index contributed by atoms with van der Waals surface area (Å²) in [5.74, 6) is -1.40. The van der Waals surface area contributed by atoms with Gasteiger partial charge in [-0.15, -0.1) is 0 Å². The second kappa shape index (κ2) is 8.71. The van der Waals surface area contributed by atoms with Crippen molar-refractivity contribution in [3.8, 4) is 5.75 Å². The molecule has 1 aliphatic rings. The van der Waals surface area contributed by atoms with E-state index in [2.05, 4.69) is 10.0 Å². The van der Waals surface area contributed by atoms with Crippen LogP contribution in [0.3, 0.4) is 0 Å². The van der Waals surface area contributed by atoms with Crippen LogP contribution >= 0.6 is 0 Å². The number of carbonyl (C=O) groups excluding carboxylic acids is 1. The number of hydrogen-bond acceptors (Lipinski definition) is 5. The van der Waals surface area contributed by atoms with Gasteiger partial charge in [-0.2, -0.15) is 0 Å². The van der Waals surface area contributed by atoms with E-state index in [1.54, 1.807) is 13.8 Å². The normalized spacial score (nSPS) is 20.3. The molecule has 1 saturated carbocycles. The molecule has 8 nitrogen and oxygen atoms in total. The van der Waals surface area contributed by atoms with Gasteiger partial charge in [0.1, 0.15) is 10.6 Å². The van der Waals surface area contributed by atoms with Crippen LogP contribution < -0.4 is 14.8 Å². The zero-order valence-corrected chi connectivity index (χ0v) is 16.5. The molecule has 3 N–H and O–H groups in total. The SMILES string of the molecule is COc1ccc(C(=O)NC2CCC(C(=O)O)CC2)cc1S(=O)(=O)NC(C)C. The summed E-state index contributed by atoms with van der Waals surface area (Å²) in [7, 11) is -2.46. The van der Waals surface area contributed by atoms with Gasteiger partial charge in [0, 0.05) is 17.6 Å². The Morgan fingerprint density at radius 3 is 2.33 bits per heavy atom. The highest BCUT2D eigenvalue weighted by Crippen LogP contribution is 2.27. The molecule has 1 amide bonds. The Hall–Kier alpha value is -2.13. The molecular formula is C18H26N2O6S. The zero-order valence-electron chi connectivity index (χ0n) is 15.7. The minimum Gasteiger partial charge on any atom is -0.495 e. The lowest BCUT2D eigenvalue weighted by atomic mass is 9.86. The number of amides is 1. The first-order valence-corrected chi connectivity index (χ1v) is 10.4. The molecule has 0 spiro atoms. The monoisotopic (exact) mass is 398 g/mol. The molecule has 27 heavy (non-hydrogen) atoms. The van der Waals surface area contributed by atoms with Gasteiger partial charge >= 0.3 is 5.97 Å². The smallest absolute Gasteiger partial charge is 0.306 e. The highest BCUT2D eigenvalue weighted by Gasteiger charge is 2.28. The Labute approximate surface area is 159 Å². The number of hydrogen-bond donors (Lipinski definition) is 3. The van der Waals surface area contributed by atoms with Gasteiger partial charge in [-0.1, -0.05) is 0 Å². The second-order valence-corrected chi connectivity index (χ2v) is 8.68. The van der Waals surface area contributed by atoms with E-state index in [4.69, 9.17) is 9.84 Å². The van der Waals surface area contributed by atoms with Crippen LogP contribution in [0.25, 0.3) is 0 Å². The Kier molecular flexibility index (Phi) is 6.83. The lowest BCUT2D eigenvalue weighted by Crippen LogP contribution is -2.38. The van der Waals surface area contributed by atoms with Gasteiger partial charge in [-0.3, -0.25) is 9.59 Å². The van der Waals surface area contributed by atoms with Gasteiger partial charge in [-0.25, -0.2) is 13.1 Å². The first-order valence-electron chi connectivity index (χ1n) is 8.88. The summed E-state index contributed by atoms with van der Waals surface area (Å²) in [6.07, 6.45) is 2.19. The first kappa shape index (κ1) is 21.2. The van der Waals surface area contributed by atoms with Crippen molar-refractivity contribution in [2.24, 2.45) is 5.92 Å². The molecule has 9 heteroatoms. The maximum absolute atomic E-state index is 12.5. The molecule has 1 aromatic carbocycles. The lowest BCUT2D eigenvalue weighted by molar-refractivity contribution is -0.142. The Balaban J connectivity index is 2.15. The van der Waals surface area contributed by atoms with Crippen molar-refractivity contribution in [3.63, 3.8) is 0 Å². The average molecular weight is 398 g/mol. The Morgan fingerprint density at radius 1 is 1.19 bits per heavy atom. The van der Waals surface area contributed by atoms with Crippen LogP contribution in [0.4, 0.5) is 0 Å². The van der Waals surface area contributed by atoms with Crippen LogP contribution in [0.15, 0.2) is 23.1 Å². The van der Waals surface area contributed by atoms with E-state index in [9.17, 15) is 18.0 Å². The quantitative estimate of drug-likeness (QED) is 0.643. The fourth-order valence-corrected chi connectivity index (χ4v) is 4.60. The predicted octanol–water partition coefficient (Wildman–Crippen LogP) is 1.76. The van der Waals surface area contributed by atoms with E-state index in [-0.39, 0.29) is 34.2 Å². The Bertz CT molecular complexity index is 798. The number of benzene rings is 1. The summed E-state index contributed by atoms with van der Waals surface area (Å²) >= 11 is 0. The average Bonchev–Trinajstić information content (AvgIpc) is 2.60. The lowest BCUT2D eigenvalue weighted by Gasteiger charge is -2.27. The van der Waals surface area contributed by atoms with E-state index >= 15 is 0 Å². The number of nitrogens with one attached hydrogen (secondary N) is 2. The van der Waals surface area contributed by atoms with E-state index < -0.39 is 21.9 Å². The Morgan fingerprint density at radius 2 is 1.81 bits per heavy atom. The molecule has 0 radical (unpaired) electrons. The van der Waals surface area contributed by atoms with Crippen molar-refractivity contribution >= 4 is 21.9 Å². The van der Waals surface area contributed by atoms with E-state index in [0.717, 1.165) is 0 Å². The molecular weight excluding hydrogens is 372 g/mol. The number of carboxylic acids is 1. The molecule has 0 aromatic heterocycles. The second-order valence-electron chi connectivity index (χ2n) is 7.00. The van der Waals surface area contributed by atoms with Crippen molar-refractivity contribution in [1.29, 1.82) is 0 Å².